The molecule has 0 aliphatic carbocycles. The van der Waals surface area contributed by atoms with Crippen LogP contribution in [0.2, 0.25) is 0 Å². The van der Waals surface area contributed by atoms with Crippen LogP contribution in [-0.4, -0.2) is 20.5 Å². The third-order valence-corrected chi connectivity index (χ3v) is 3.14. The number of nitrogens with zero attached hydrogens (tertiary/aromatic N) is 2. The highest BCUT2D eigenvalue weighted by atomic mass is 16.4. The summed E-state index contributed by atoms with van der Waals surface area (Å²) in [4.78, 5) is 15.9. The standard InChI is InChI=1S/C16H12N2O2/c1-11(12-7-3-2-4-8-12)14-15(16(19)20)18-10-6-5-9-13(18)17-14/h2-10H,1H2,(H,19,20). The molecule has 2 heterocycles. The van der Waals surface area contributed by atoms with E-state index in [9.17, 15) is 9.90 Å². The van der Waals surface area contributed by atoms with Gasteiger partial charge in [0.15, 0.2) is 5.69 Å². The van der Waals surface area contributed by atoms with Crippen molar-refractivity contribution in [1.82, 2.24) is 9.38 Å². The monoisotopic (exact) mass is 264 g/mol. The molecule has 0 fully saturated rings. The highest BCUT2D eigenvalue weighted by molar-refractivity contribution is 5.95. The molecule has 0 atom stereocenters. The van der Waals surface area contributed by atoms with Gasteiger partial charge in [-0.05, 0) is 17.7 Å². The van der Waals surface area contributed by atoms with Gasteiger partial charge in [0, 0.05) is 11.8 Å². The Morgan fingerprint density at radius 3 is 2.50 bits per heavy atom. The van der Waals surface area contributed by atoms with E-state index >= 15 is 0 Å². The second-order valence-corrected chi connectivity index (χ2v) is 4.39. The van der Waals surface area contributed by atoms with Crippen LogP contribution in [0, 0.1) is 0 Å². The van der Waals surface area contributed by atoms with Gasteiger partial charge in [0.1, 0.15) is 11.3 Å². The number of rotatable bonds is 3. The molecular weight excluding hydrogens is 252 g/mol. The fourth-order valence-corrected chi connectivity index (χ4v) is 2.19. The Morgan fingerprint density at radius 2 is 1.80 bits per heavy atom. The van der Waals surface area contributed by atoms with E-state index < -0.39 is 5.97 Å². The molecule has 4 nitrogen and oxygen atoms in total. The maximum absolute atomic E-state index is 11.5. The highest BCUT2D eigenvalue weighted by Crippen LogP contribution is 2.25. The molecule has 4 heteroatoms. The molecule has 0 saturated heterocycles. The van der Waals surface area contributed by atoms with E-state index in [2.05, 4.69) is 11.6 Å². The Hall–Kier alpha value is -2.88. The summed E-state index contributed by atoms with van der Waals surface area (Å²) >= 11 is 0. The Morgan fingerprint density at radius 1 is 1.10 bits per heavy atom. The number of carboxylic acid groups (broad SMARTS) is 1. The van der Waals surface area contributed by atoms with Gasteiger partial charge in [-0.3, -0.25) is 4.40 Å². The van der Waals surface area contributed by atoms with Crippen LogP contribution in [0.4, 0.5) is 0 Å². The third kappa shape index (κ3) is 1.87. The molecule has 0 amide bonds. The van der Waals surface area contributed by atoms with Crippen molar-refractivity contribution in [3.63, 3.8) is 0 Å². The quantitative estimate of drug-likeness (QED) is 0.790. The summed E-state index contributed by atoms with van der Waals surface area (Å²) in [5.41, 5.74) is 2.59. The predicted octanol–water partition coefficient (Wildman–Crippen LogP) is 3.09. The number of aromatic carboxylic acids is 1. The summed E-state index contributed by atoms with van der Waals surface area (Å²) in [6.45, 7) is 3.99. The second kappa shape index (κ2) is 4.66. The zero-order chi connectivity index (χ0) is 14.1. The van der Waals surface area contributed by atoms with Crippen molar-refractivity contribution in [2.75, 3.05) is 0 Å². The highest BCUT2D eigenvalue weighted by Gasteiger charge is 2.20. The largest absolute Gasteiger partial charge is 0.476 e. The number of hydrogen-bond acceptors (Lipinski definition) is 2. The minimum absolute atomic E-state index is 0.134. The van der Waals surface area contributed by atoms with Gasteiger partial charge in [-0.15, -0.1) is 0 Å². The zero-order valence-corrected chi connectivity index (χ0v) is 10.7. The van der Waals surface area contributed by atoms with Crippen molar-refractivity contribution >= 4 is 17.2 Å². The van der Waals surface area contributed by atoms with Crippen LogP contribution in [0.5, 0.6) is 0 Å². The maximum atomic E-state index is 11.5. The number of carboxylic acids is 1. The van der Waals surface area contributed by atoms with Crippen LogP contribution >= 0.6 is 0 Å². The molecule has 1 aromatic carbocycles. The first-order chi connectivity index (χ1) is 9.68. The van der Waals surface area contributed by atoms with E-state index in [0.717, 1.165) is 5.56 Å². The van der Waals surface area contributed by atoms with Crippen molar-refractivity contribution in [1.29, 1.82) is 0 Å². The van der Waals surface area contributed by atoms with E-state index in [1.54, 1.807) is 22.7 Å². The van der Waals surface area contributed by atoms with E-state index in [1.807, 2.05) is 36.4 Å². The van der Waals surface area contributed by atoms with Gasteiger partial charge in [0.05, 0.1) is 0 Å². The normalized spacial score (nSPS) is 10.6. The van der Waals surface area contributed by atoms with Gasteiger partial charge in [0.25, 0.3) is 0 Å². The van der Waals surface area contributed by atoms with Gasteiger partial charge >= 0.3 is 5.97 Å². The fourth-order valence-electron chi connectivity index (χ4n) is 2.19. The van der Waals surface area contributed by atoms with Crippen molar-refractivity contribution in [2.45, 2.75) is 0 Å². The lowest BCUT2D eigenvalue weighted by molar-refractivity contribution is 0.0689. The molecule has 0 saturated carbocycles. The maximum Gasteiger partial charge on any atom is 0.355 e. The topological polar surface area (TPSA) is 54.6 Å². The Labute approximate surface area is 115 Å². The third-order valence-electron chi connectivity index (χ3n) is 3.14. The number of benzene rings is 1. The molecule has 0 spiro atoms. The van der Waals surface area contributed by atoms with Gasteiger partial charge in [-0.1, -0.05) is 43.0 Å². The second-order valence-electron chi connectivity index (χ2n) is 4.39. The number of imidazole rings is 1. The van der Waals surface area contributed by atoms with Crippen LogP contribution in [-0.2, 0) is 0 Å². The molecule has 20 heavy (non-hydrogen) atoms. The molecule has 3 rings (SSSR count). The van der Waals surface area contributed by atoms with Crippen molar-refractivity contribution in [2.24, 2.45) is 0 Å². The fraction of sp³-hybridized carbons (Fsp3) is 0. The van der Waals surface area contributed by atoms with E-state index in [0.29, 0.717) is 16.9 Å². The molecule has 98 valence electrons. The van der Waals surface area contributed by atoms with Gasteiger partial charge in [-0.2, -0.15) is 0 Å². The molecule has 3 aromatic rings. The van der Waals surface area contributed by atoms with Crippen molar-refractivity contribution in [3.05, 3.63) is 78.3 Å². The van der Waals surface area contributed by atoms with Crippen LogP contribution in [0.25, 0.3) is 11.2 Å². The minimum atomic E-state index is -1.02. The lowest BCUT2D eigenvalue weighted by Gasteiger charge is -2.04. The molecule has 0 aliphatic heterocycles. The van der Waals surface area contributed by atoms with Gasteiger partial charge in [0.2, 0.25) is 0 Å². The molecule has 1 N–H and O–H groups in total. The molecular formula is C16H12N2O2. The number of pyridine rings is 1. The SMILES string of the molecule is C=C(c1ccccc1)c1nc2ccccn2c1C(=O)O. The zero-order valence-electron chi connectivity index (χ0n) is 10.7. The lowest BCUT2D eigenvalue weighted by atomic mass is 10.0. The molecule has 0 bridgehead atoms. The smallest absolute Gasteiger partial charge is 0.355 e. The van der Waals surface area contributed by atoms with Gasteiger partial charge in [-0.25, -0.2) is 9.78 Å². The van der Waals surface area contributed by atoms with Crippen molar-refractivity contribution < 1.29 is 9.90 Å². The molecule has 2 aromatic heterocycles. The number of hydrogen-bond donors (Lipinski definition) is 1. The first-order valence-electron chi connectivity index (χ1n) is 6.13. The Balaban J connectivity index is 2.24. The van der Waals surface area contributed by atoms with E-state index in [4.69, 9.17) is 0 Å². The summed E-state index contributed by atoms with van der Waals surface area (Å²) in [6.07, 6.45) is 1.69. The lowest BCUT2D eigenvalue weighted by Crippen LogP contribution is -2.05. The number of carbonyl (C=O) groups is 1. The van der Waals surface area contributed by atoms with Crippen LogP contribution in [0.1, 0.15) is 21.7 Å². The first kappa shape index (κ1) is 12.2. The summed E-state index contributed by atoms with van der Waals surface area (Å²) in [5.74, 6) is -1.02. The molecule has 0 aliphatic rings. The van der Waals surface area contributed by atoms with E-state index in [-0.39, 0.29) is 5.69 Å². The Bertz CT molecular complexity index is 804. The summed E-state index contributed by atoms with van der Waals surface area (Å²) in [6, 6.07) is 14.8. The minimum Gasteiger partial charge on any atom is -0.476 e. The number of fused-ring (bicyclic) bond motifs is 1. The summed E-state index contributed by atoms with van der Waals surface area (Å²) in [7, 11) is 0. The molecule has 0 unspecified atom stereocenters. The summed E-state index contributed by atoms with van der Waals surface area (Å²) < 4.78 is 1.56. The van der Waals surface area contributed by atoms with Crippen LogP contribution in [0.15, 0.2) is 61.3 Å². The first-order valence-corrected chi connectivity index (χ1v) is 6.13. The average Bonchev–Trinajstić information content (AvgIpc) is 2.86. The average molecular weight is 264 g/mol. The van der Waals surface area contributed by atoms with Gasteiger partial charge < -0.3 is 5.11 Å². The van der Waals surface area contributed by atoms with Crippen LogP contribution in [0.3, 0.4) is 0 Å². The summed E-state index contributed by atoms with van der Waals surface area (Å²) in [5, 5.41) is 9.45. The van der Waals surface area contributed by atoms with Crippen molar-refractivity contribution in [3.8, 4) is 0 Å². The Kier molecular flexibility index (Phi) is 2.84. The molecule has 0 radical (unpaired) electrons. The number of aromatic nitrogens is 2. The van der Waals surface area contributed by atoms with E-state index in [1.165, 1.54) is 0 Å². The van der Waals surface area contributed by atoms with Crippen LogP contribution < -0.4 is 0 Å². The predicted molar refractivity (Wildman–Crippen MR) is 76.7 cm³/mol.